The smallest absolute Gasteiger partial charge is 0.133 e. The molecule has 1 atom stereocenters. The van der Waals surface area contributed by atoms with Crippen LogP contribution in [0.3, 0.4) is 0 Å². The third-order valence-corrected chi connectivity index (χ3v) is 4.16. The van der Waals surface area contributed by atoms with Crippen molar-refractivity contribution in [2.45, 2.75) is 44.9 Å². The normalized spacial score (nSPS) is 16.4. The molecule has 0 fully saturated rings. The molecule has 0 amide bonds. The number of fused-ring (bicyclic) bond motifs is 1. The van der Waals surface area contributed by atoms with Gasteiger partial charge < -0.3 is 9.90 Å². The number of hydrogen-bond donors (Lipinski definition) is 1. The van der Waals surface area contributed by atoms with Gasteiger partial charge in [-0.25, -0.2) is 0 Å². The van der Waals surface area contributed by atoms with E-state index in [4.69, 9.17) is 0 Å². The van der Waals surface area contributed by atoms with Crippen molar-refractivity contribution in [3.8, 4) is 5.75 Å². The molecule has 0 saturated heterocycles. The summed E-state index contributed by atoms with van der Waals surface area (Å²) in [4.78, 5) is 10.7. The summed E-state index contributed by atoms with van der Waals surface area (Å²) in [5.41, 5.74) is 3.57. The summed E-state index contributed by atoms with van der Waals surface area (Å²) in [5.74, 6) is 0.414. The summed E-state index contributed by atoms with van der Waals surface area (Å²) >= 11 is 3.41. The van der Waals surface area contributed by atoms with Gasteiger partial charge in [-0.3, -0.25) is 0 Å². The molecule has 1 unspecified atom stereocenters. The minimum Gasteiger partial charge on any atom is -0.506 e. The Morgan fingerprint density at radius 2 is 2.18 bits per heavy atom. The molecular weight excluding hydrogens is 280 g/mol. The average molecular weight is 297 g/mol. The van der Waals surface area contributed by atoms with Crippen LogP contribution < -0.4 is 0 Å². The van der Waals surface area contributed by atoms with Gasteiger partial charge in [0.15, 0.2) is 0 Å². The maximum absolute atomic E-state index is 10.7. The van der Waals surface area contributed by atoms with Gasteiger partial charge in [-0.15, -0.1) is 0 Å². The van der Waals surface area contributed by atoms with E-state index < -0.39 is 0 Å². The van der Waals surface area contributed by atoms with Gasteiger partial charge in [0.2, 0.25) is 0 Å². The Kier molecular flexibility index (Phi) is 3.87. The first-order valence-electron chi connectivity index (χ1n) is 6.12. The monoisotopic (exact) mass is 296 g/mol. The lowest BCUT2D eigenvalue weighted by molar-refractivity contribution is -0.108. The van der Waals surface area contributed by atoms with Crippen molar-refractivity contribution in [3.05, 3.63) is 27.2 Å². The Morgan fingerprint density at radius 3 is 2.88 bits per heavy atom. The first-order chi connectivity index (χ1) is 8.15. The minimum atomic E-state index is 0.0943. The zero-order chi connectivity index (χ0) is 12.4. The molecule has 0 radical (unpaired) electrons. The van der Waals surface area contributed by atoms with Crippen LogP contribution in [0.25, 0.3) is 0 Å². The van der Waals surface area contributed by atoms with Crippen molar-refractivity contribution < 1.29 is 9.90 Å². The first kappa shape index (κ1) is 12.6. The molecule has 2 nitrogen and oxygen atoms in total. The molecule has 0 spiro atoms. The van der Waals surface area contributed by atoms with Crippen LogP contribution in [-0.4, -0.2) is 11.4 Å². The van der Waals surface area contributed by atoms with E-state index in [2.05, 4.69) is 15.9 Å². The lowest BCUT2D eigenvalue weighted by atomic mass is 9.83. The van der Waals surface area contributed by atoms with Crippen molar-refractivity contribution in [3.63, 3.8) is 0 Å². The van der Waals surface area contributed by atoms with Gasteiger partial charge in [-0.05, 0) is 64.7 Å². The van der Waals surface area contributed by atoms with Gasteiger partial charge >= 0.3 is 0 Å². The molecule has 1 aliphatic rings. The number of aryl methyl sites for hydroxylation is 1. The number of benzene rings is 1. The number of carbonyl (C=O) groups is 1. The molecule has 0 aliphatic heterocycles. The number of aldehydes is 1. The highest BCUT2D eigenvalue weighted by molar-refractivity contribution is 9.10. The van der Waals surface area contributed by atoms with Crippen molar-refractivity contribution in [2.24, 2.45) is 0 Å². The summed E-state index contributed by atoms with van der Waals surface area (Å²) in [6.45, 7) is 2.00. The van der Waals surface area contributed by atoms with Crippen LogP contribution in [0.2, 0.25) is 0 Å². The molecule has 92 valence electrons. The van der Waals surface area contributed by atoms with Crippen molar-refractivity contribution in [1.82, 2.24) is 0 Å². The van der Waals surface area contributed by atoms with E-state index in [1.54, 1.807) is 0 Å². The molecule has 0 aromatic heterocycles. The highest BCUT2D eigenvalue weighted by atomic mass is 79.9. The number of hydrogen-bond acceptors (Lipinski definition) is 2. The molecule has 0 heterocycles. The quantitative estimate of drug-likeness (QED) is 0.863. The fourth-order valence-electron chi connectivity index (χ4n) is 2.68. The molecule has 1 N–H and O–H groups in total. The Labute approximate surface area is 110 Å². The van der Waals surface area contributed by atoms with Crippen LogP contribution in [0.15, 0.2) is 10.5 Å². The minimum absolute atomic E-state index is 0.0943. The summed E-state index contributed by atoms with van der Waals surface area (Å²) < 4.78 is 0.755. The summed E-state index contributed by atoms with van der Waals surface area (Å²) in [5, 5.41) is 10.2. The van der Waals surface area contributed by atoms with E-state index in [0.29, 0.717) is 12.2 Å². The number of phenolic OH excluding ortho intramolecular Hbond substituents is 1. The summed E-state index contributed by atoms with van der Waals surface area (Å²) in [6, 6.07) is 2.03. The van der Waals surface area contributed by atoms with Crippen LogP contribution in [-0.2, 0) is 17.6 Å². The van der Waals surface area contributed by atoms with Gasteiger partial charge in [0, 0.05) is 12.0 Å². The van der Waals surface area contributed by atoms with Gasteiger partial charge in [0.25, 0.3) is 0 Å². The maximum atomic E-state index is 10.7. The van der Waals surface area contributed by atoms with Gasteiger partial charge in [0.05, 0.1) is 4.47 Å². The fourth-order valence-corrected chi connectivity index (χ4v) is 3.17. The molecular formula is C14H17BrO2. The van der Waals surface area contributed by atoms with Gasteiger partial charge in [0.1, 0.15) is 12.0 Å². The SMILES string of the molecule is CC(CC=O)c1c(O)c(Br)cc2c1CCCC2. The third-order valence-electron chi connectivity index (χ3n) is 3.56. The molecule has 2 rings (SSSR count). The van der Waals surface area contributed by atoms with Crippen LogP contribution >= 0.6 is 15.9 Å². The van der Waals surface area contributed by atoms with E-state index in [1.807, 2.05) is 13.0 Å². The van der Waals surface area contributed by atoms with Crippen molar-refractivity contribution >= 4 is 22.2 Å². The number of carbonyl (C=O) groups excluding carboxylic acids is 1. The van der Waals surface area contributed by atoms with Crippen molar-refractivity contribution in [1.29, 1.82) is 0 Å². The number of phenols is 1. The van der Waals surface area contributed by atoms with E-state index in [1.165, 1.54) is 24.0 Å². The third kappa shape index (κ3) is 2.39. The predicted molar refractivity (Wildman–Crippen MR) is 71.5 cm³/mol. The second kappa shape index (κ2) is 5.21. The molecule has 1 aliphatic carbocycles. The average Bonchev–Trinajstić information content (AvgIpc) is 2.31. The largest absolute Gasteiger partial charge is 0.506 e. The fraction of sp³-hybridized carbons (Fsp3) is 0.500. The topological polar surface area (TPSA) is 37.3 Å². The molecule has 0 saturated carbocycles. The highest BCUT2D eigenvalue weighted by Gasteiger charge is 2.22. The zero-order valence-corrected chi connectivity index (χ0v) is 11.6. The second-order valence-corrected chi connectivity index (χ2v) is 5.62. The van der Waals surface area contributed by atoms with Crippen molar-refractivity contribution in [2.75, 3.05) is 0 Å². The number of aromatic hydroxyl groups is 1. The molecule has 17 heavy (non-hydrogen) atoms. The number of halogens is 1. The second-order valence-electron chi connectivity index (χ2n) is 4.77. The molecule has 1 aromatic carbocycles. The van der Waals surface area contributed by atoms with E-state index >= 15 is 0 Å². The van der Waals surface area contributed by atoms with Gasteiger partial charge in [-0.1, -0.05) is 6.92 Å². The Morgan fingerprint density at radius 1 is 1.47 bits per heavy atom. The standard InChI is InChI=1S/C14H17BrO2/c1-9(6-7-16)13-11-5-3-2-4-10(11)8-12(15)14(13)17/h7-9,17H,2-6H2,1H3. The molecule has 3 heteroatoms. The van der Waals surface area contributed by atoms with Crippen LogP contribution in [0.5, 0.6) is 5.75 Å². The number of rotatable bonds is 3. The van der Waals surface area contributed by atoms with E-state index in [0.717, 1.165) is 29.2 Å². The Hall–Kier alpha value is -0.830. The van der Waals surface area contributed by atoms with E-state index in [9.17, 15) is 9.90 Å². The van der Waals surface area contributed by atoms with E-state index in [-0.39, 0.29) is 5.92 Å². The summed E-state index contributed by atoms with van der Waals surface area (Å²) in [6.07, 6.45) is 5.89. The Bertz CT molecular complexity index is 440. The van der Waals surface area contributed by atoms with Crippen LogP contribution in [0.4, 0.5) is 0 Å². The maximum Gasteiger partial charge on any atom is 0.133 e. The van der Waals surface area contributed by atoms with Crippen LogP contribution in [0.1, 0.15) is 48.8 Å². The van der Waals surface area contributed by atoms with Gasteiger partial charge in [-0.2, -0.15) is 0 Å². The lowest BCUT2D eigenvalue weighted by Crippen LogP contribution is -2.09. The summed E-state index contributed by atoms with van der Waals surface area (Å²) in [7, 11) is 0. The molecule has 0 bridgehead atoms. The first-order valence-corrected chi connectivity index (χ1v) is 6.91. The Balaban J connectivity index is 2.54. The lowest BCUT2D eigenvalue weighted by Gasteiger charge is -2.24. The highest BCUT2D eigenvalue weighted by Crippen LogP contribution is 2.41. The molecule has 1 aromatic rings. The zero-order valence-electron chi connectivity index (χ0n) is 10.0. The van der Waals surface area contributed by atoms with Crippen LogP contribution in [0, 0.1) is 0 Å². The predicted octanol–water partition coefficient (Wildman–Crippen LogP) is 3.73.